The highest BCUT2D eigenvalue weighted by Gasteiger charge is 2.35. The van der Waals surface area contributed by atoms with Gasteiger partial charge in [0.05, 0.1) is 18.7 Å². The van der Waals surface area contributed by atoms with Crippen LogP contribution in [0.4, 0.5) is 11.4 Å². The first-order chi connectivity index (χ1) is 14.6. The number of amides is 2. The van der Waals surface area contributed by atoms with Crippen molar-refractivity contribution in [2.24, 2.45) is 5.92 Å². The highest BCUT2D eigenvalue weighted by molar-refractivity contribution is 7.99. The highest BCUT2D eigenvalue weighted by atomic mass is 32.2. The van der Waals surface area contributed by atoms with Gasteiger partial charge >= 0.3 is 0 Å². The van der Waals surface area contributed by atoms with E-state index in [1.807, 2.05) is 78.9 Å². The van der Waals surface area contributed by atoms with E-state index in [9.17, 15) is 9.59 Å². The van der Waals surface area contributed by atoms with Gasteiger partial charge in [-0.2, -0.15) is 0 Å². The average Bonchev–Trinajstić information content (AvgIpc) is 3.18. The molecule has 0 aromatic heterocycles. The van der Waals surface area contributed by atoms with E-state index in [2.05, 4.69) is 5.32 Å². The summed E-state index contributed by atoms with van der Waals surface area (Å²) >= 11 is 1.59. The first-order valence-corrected chi connectivity index (χ1v) is 10.5. The minimum Gasteiger partial charge on any atom is -0.497 e. The fraction of sp³-hybridized carbons (Fsp3) is 0.167. The summed E-state index contributed by atoms with van der Waals surface area (Å²) in [5.74, 6) is 0.0729. The van der Waals surface area contributed by atoms with Crippen LogP contribution in [0.15, 0.2) is 88.7 Å². The molecule has 1 fully saturated rings. The van der Waals surface area contributed by atoms with Crippen molar-refractivity contribution in [3.63, 3.8) is 0 Å². The molecule has 5 nitrogen and oxygen atoms in total. The van der Waals surface area contributed by atoms with Crippen molar-refractivity contribution in [3.8, 4) is 5.75 Å². The molecule has 0 spiro atoms. The van der Waals surface area contributed by atoms with Crippen molar-refractivity contribution < 1.29 is 14.3 Å². The molecule has 2 amide bonds. The molecule has 0 unspecified atom stereocenters. The quantitative estimate of drug-likeness (QED) is 0.622. The molecule has 3 aromatic rings. The van der Waals surface area contributed by atoms with Crippen molar-refractivity contribution in [2.45, 2.75) is 16.2 Å². The number of anilines is 2. The summed E-state index contributed by atoms with van der Waals surface area (Å²) in [6, 6.07) is 25.1. The van der Waals surface area contributed by atoms with E-state index in [4.69, 9.17) is 4.74 Å². The second-order valence-electron chi connectivity index (χ2n) is 7.01. The van der Waals surface area contributed by atoms with Crippen LogP contribution in [-0.2, 0) is 9.59 Å². The minimum atomic E-state index is -0.404. The number of nitrogens with zero attached hydrogens (tertiary/aromatic N) is 1. The molecule has 6 heteroatoms. The number of hydrogen-bond acceptors (Lipinski definition) is 4. The van der Waals surface area contributed by atoms with E-state index >= 15 is 0 Å². The number of ether oxygens (including phenoxy) is 1. The number of carbonyl (C=O) groups is 2. The molecule has 152 valence electrons. The van der Waals surface area contributed by atoms with E-state index in [-0.39, 0.29) is 18.2 Å². The molecule has 0 radical (unpaired) electrons. The molecule has 1 heterocycles. The molecule has 1 aliphatic heterocycles. The number of para-hydroxylation sites is 1. The third-order valence-electron chi connectivity index (χ3n) is 4.98. The Bertz CT molecular complexity index is 1060. The third-order valence-corrected chi connectivity index (χ3v) is 6.06. The van der Waals surface area contributed by atoms with Gasteiger partial charge in [0.2, 0.25) is 11.8 Å². The maximum absolute atomic E-state index is 12.9. The molecule has 3 aromatic carbocycles. The molecule has 1 atom stereocenters. The van der Waals surface area contributed by atoms with Crippen molar-refractivity contribution >= 4 is 35.0 Å². The van der Waals surface area contributed by atoms with Gasteiger partial charge in [-0.3, -0.25) is 9.59 Å². The molecule has 0 aliphatic carbocycles. The Morgan fingerprint density at radius 3 is 2.60 bits per heavy atom. The Balaban J connectivity index is 1.47. The minimum absolute atomic E-state index is 0.0599. The fourth-order valence-electron chi connectivity index (χ4n) is 3.42. The number of nitrogens with one attached hydrogen (secondary N) is 1. The Kier molecular flexibility index (Phi) is 6.05. The van der Waals surface area contributed by atoms with Crippen LogP contribution < -0.4 is 15.0 Å². The lowest BCUT2D eigenvalue weighted by atomic mass is 10.1. The lowest BCUT2D eigenvalue weighted by Crippen LogP contribution is -2.28. The van der Waals surface area contributed by atoms with Gasteiger partial charge in [-0.1, -0.05) is 48.2 Å². The topological polar surface area (TPSA) is 58.6 Å². The van der Waals surface area contributed by atoms with Gasteiger partial charge in [-0.25, -0.2) is 0 Å². The summed E-state index contributed by atoms with van der Waals surface area (Å²) in [5, 5.41) is 3.02. The van der Waals surface area contributed by atoms with Gasteiger partial charge in [0, 0.05) is 34.5 Å². The van der Waals surface area contributed by atoms with Crippen molar-refractivity contribution in [1.29, 1.82) is 0 Å². The van der Waals surface area contributed by atoms with Crippen LogP contribution in [0.3, 0.4) is 0 Å². The van der Waals surface area contributed by atoms with Crippen LogP contribution >= 0.6 is 11.8 Å². The Labute approximate surface area is 180 Å². The van der Waals surface area contributed by atoms with Gasteiger partial charge in [0.15, 0.2) is 0 Å². The number of rotatable bonds is 6. The smallest absolute Gasteiger partial charge is 0.229 e. The first-order valence-electron chi connectivity index (χ1n) is 9.71. The monoisotopic (exact) mass is 418 g/mol. The van der Waals surface area contributed by atoms with Crippen LogP contribution in [-0.4, -0.2) is 25.5 Å². The normalized spacial score (nSPS) is 15.8. The van der Waals surface area contributed by atoms with Gasteiger partial charge in [0.25, 0.3) is 0 Å². The summed E-state index contributed by atoms with van der Waals surface area (Å²) in [7, 11) is 1.59. The zero-order valence-electron chi connectivity index (χ0n) is 16.6. The molecule has 1 saturated heterocycles. The maximum atomic E-state index is 12.9. The Hall–Kier alpha value is -3.25. The highest BCUT2D eigenvalue weighted by Crippen LogP contribution is 2.34. The van der Waals surface area contributed by atoms with Crippen molar-refractivity contribution in [3.05, 3.63) is 78.9 Å². The fourth-order valence-corrected chi connectivity index (χ4v) is 4.34. The SMILES string of the molecule is COc1cccc(N2C[C@@H](C(=O)Nc3ccccc3Sc3ccccc3)CC2=O)c1. The molecule has 0 bridgehead atoms. The number of benzene rings is 3. The van der Waals surface area contributed by atoms with Crippen molar-refractivity contribution in [2.75, 3.05) is 23.9 Å². The standard InChI is InChI=1S/C24H22N2O3S/c1-29-19-9-7-8-18(15-19)26-16-17(14-23(26)27)24(28)25-21-12-5-6-13-22(21)30-20-10-3-2-4-11-20/h2-13,15,17H,14,16H2,1H3,(H,25,28)/t17-/m0/s1. The molecular weight excluding hydrogens is 396 g/mol. The molecule has 4 rings (SSSR count). The zero-order valence-corrected chi connectivity index (χ0v) is 17.4. The molecule has 30 heavy (non-hydrogen) atoms. The summed E-state index contributed by atoms with van der Waals surface area (Å²) < 4.78 is 5.25. The molecule has 1 N–H and O–H groups in total. The van der Waals surface area contributed by atoms with Gasteiger partial charge in [-0.15, -0.1) is 0 Å². The molecular formula is C24H22N2O3S. The second kappa shape index (κ2) is 9.05. The molecule has 1 aliphatic rings. The van der Waals surface area contributed by atoms with Crippen LogP contribution in [0.2, 0.25) is 0 Å². The Morgan fingerprint density at radius 2 is 1.80 bits per heavy atom. The third kappa shape index (κ3) is 4.49. The Morgan fingerprint density at radius 1 is 1.03 bits per heavy atom. The summed E-state index contributed by atoms with van der Waals surface area (Å²) in [4.78, 5) is 29.2. The average molecular weight is 419 g/mol. The van der Waals surface area contributed by atoms with Crippen LogP contribution in [0, 0.1) is 5.92 Å². The number of carbonyl (C=O) groups excluding carboxylic acids is 2. The first kappa shape index (κ1) is 20.0. The van der Waals surface area contributed by atoms with Gasteiger partial charge in [0.1, 0.15) is 5.75 Å². The van der Waals surface area contributed by atoms with E-state index in [1.165, 1.54) is 0 Å². The number of hydrogen-bond donors (Lipinski definition) is 1. The van der Waals surface area contributed by atoms with Crippen LogP contribution in [0.5, 0.6) is 5.75 Å². The number of methoxy groups -OCH3 is 1. The predicted octanol–water partition coefficient (Wildman–Crippen LogP) is 4.84. The van der Waals surface area contributed by atoms with Crippen molar-refractivity contribution in [1.82, 2.24) is 0 Å². The summed E-state index contributed by atoms with van der Waals surface area (Å²) in [6.45, 7) is 0.353. The lowest BCUT2D eigenvalue weighted by molar-refractivity contribution is -0.122. The maximum Gasteiger partial charge on any atom is 0.229 e. The van der Waals surface area contributed by atoms with Gasteiger partial charge < -0.3 is 15.0 Å². The largest absolute Gasteiger partial charge is 0.497 e. The van der Waals surface area contributed by atoms with E-state index in [1.54, 1.807) is 23.8 Å². The van der Waals surface area contributed by atoms with E-state index < -0.39 is 5.92 Å². The van der Waals surface area contributed by atoms with E-state index in [0.717, 1.165) is 21.2 Å². The predicted molar refractivity (Wildman–Crippen MR) is 119 cm³/mol. The second-order valence-corrected chi connectivity index (χ2v) is 8.12. The molecule has 0 saturated carbocycles. The van der Waals surface area contributed by atoms with Crippen LogP contribution in [0.25, 0.3) is 0 Å². The lowest BCUT2D eigenvalue weighted by Gasteiger charge is -2.18. The summed E-state index contributed by atoms with van der Waals surface area (Å²) in [6.07, 6.45) is 0.192. The summed E-state index contributed by atoms with van der Waals surface area (Å²) in [5.41, 5.74) is 1.50. The van der Waals surface area contributed by atoms with E-state index in [0.29, 0.717) is 12.3 Å². The van der Waals surface area contributed by atoms with Crippen LogP contribution in [0.1, 0.15) is 6.42 Å². The zero-order chi connectivity index (χ0) is 20.9. The van der Waals surface area contributed by atoms with Gasteiger partial charge in [-0.05, 0) is 36.4 Å².